The lowest BCUT2D eigenvalue weighted by molar-refractivity contribution is -0.105. The number of hydrogen-bond donors (Lipinski definition) is 0. The number of fused-ring (bicyclic) bond motifs is 1. The Morgan fingerprint density at radius 1 is 1.29 bits per heavy atom. The van der Waals surface area contributed by atoms with Crippen molar-refractivity contribution in [2.45, 2.75) is 19.4 Å². The van der Waals surface area contributed by atoms with Crippen molar-refractivity contribution in [3.63, 3.8) is 0 Å². The molecule has 3 aliphatic heterocycles. The van der Waals surface area contributed by atoms with E-state index in [2.05, 4.69) is 4.90 Å². The van der Waals surface area contributed by atoms with Gasteiger partial charge in [0, 0.05) is 31.1 Å². The fourth-order valence-electron chi connectivity index (χ4n) is 3.83. The van der Waals surface area contributed by atoms with Gasteiger partial charge in [-0.15, -0.1) is 0 Å². The largest absolute Gasteiger partial charge is 0.454 e. The SMILES string of the molecule is C[C@@H](C(=O)c1ccc2c(c1)OCO2)N(C)C(=O)OCCN1CCC2(COC2)C1. The van der Waals surface area contributed by atoms with Crippen LogP contribution in [0.25, 0.3) is 0 Å². The molecule has 1 aromatic carbocycles. The van der Waals surface area contributed by atoms with Crippen LogP contribution in [0.15, 0.2) is 18.2 Å². The van der Waals surface area contributed by atoms with Gasteiger partial charge in [0.25, 0.3) is 0 Å². The smallest absolute Gasteiger partial charge is 0.410 e. The summed E-state index contributed by atoms with van der Waals surface area (Å²) >= 11 is 0. The molecule has 4 rings (SSSR count). The molecule has 1 atom stereocenters. The molecule has 1 aromatic rings. The quantitative estimate of drug-likeness (QED) is 0.685. The molecule has 3 heterocycles. The number of likely N-dealkylation sites (N-methyl/N-ethyl adjacent to an activating group) is 1. The summed E-state index contributed by atoms with van der Waals surface area (Å²) in [5.41, 5.74) is 0.799. The highest BCUT2D eigenvalue weighted by Crippen LogP contribution is 2.37. The molecule has 152 valence electrons. The number of hydrogen-bond acceptors (Lipinski definition) is 7. The summed E-state index contributed by atoms with van der Waals surface area (Å²) in [4.78, 5) is 28.7. The van der Waals surface area contributed by atoms with E-state index < -0.39 is 12.1 Å². The van der Waals surface area contributed by atoms with Crippen LogP contribution in [-0.4, -0.2) is 81.0 Å². The van der Waals surface area contributed by atoms with E-state index in [9.17, 15) is 9.59 Å². The fraction of sp³-hybridized carbons (Fsp3) is 0.600. The zero-order valence-electron chi connectivity index (χ0n) is 16.3. The first-order chi connectivity index (χ1) is 13.5. The summed E-state index contributed by atoms with van der Waals surface area (Å²) in [6, 6.07) is 4.39. The predicted octanol–water partition coefficient (Wildman–Crippen LogP) is 1.78. The van der Waals surface area contributed by atoms with E-state index in [1.807, 2.05) is 0 Å². The summed E-state index contributed by atoms with van der Waals surface area (Å²) in [5, 5.41) is 0. The first-order valence-electron chi connectivity index (χ1n) is 9.61. The topological polar surface area (TPSA) is 77.5 Å². The maximum Gasteiger partial charge on any atom is 0.410 e. The molecule has 0 N–H and O–H groups in total. The molecule has 1 spiro atoms. The maximum absolute atomic E-state index is 12.7. The van der Waals surface area contributed by atoms with Gasteiger partial charge in [0.05, 0.1) is 19.3 Å². The van der Waals surface area contributed by atoms with Crippen LogP contribution in [0.3, 0.4) is 0 Å². The Hall–Kier alpha value is -2.32. The first-order valence-corrected chi connectivity index (χ1v) is 9.61. The van der Waals surface area contributed by atoms with Crippen molar-refractivity contribution in [2.24, 2.45) is 5.41 Å². The van der Waals surface area contributed by atoms with Gasteiger partial charge in [0.2, 0.25) is 6.79 Å². The van der Waals surface area contributed by atoms with E-state index in [1.165, 1.54) is 4.90 Å². The Labute approximate surface area is 164 Å². The zero-order valence-corrected chi connectivity index (χ0v) is 16.3. The molecule has 1 amide bonds. The van der Waals surface area contributed by atoms with Crippen molar-refractivity contribution in [3.8, 4) is 11.5 Å². The molecule has 0 aromatic heterocycles. The summed E-state index contributed by atoms with van der Waals surface area (Å²) in [7, 11) is 1.58. The second-order valence-corrected chi connectivity index (χ2v) is 7.85. The van der Waals surface area contributed by atoms with Gasteiger partial charge in [-0.25, -0.2) is 4.79 Å². The summed E-state index contributed by atoms with van der Waals surface area (Å²) < 4.78 is 21.3. The predicted molar refractivity (Wildman–Crippen MR) is 99.8 cm³/mol. The van der Waals surface area contributed by atoms with Gasteiger partial charge >= 0.3 is 6.09 Å². The van der Waals surface area contributed by atoms with E-state index in [0.717, 1.165) is 32.7 Å². The molecular formula is C20H26N2O6. The van der Waals surface area contributed by atoms with Crippen molar-refractivity contribution in [1.82, 2.24) is 9.80 Å². The third-order valence-electron chi connectivity index (χ3n) is 5.87. The average Bonchev–Trinajstić information content (AvgIpc) is 3.32. The van der Waals surface area contributed by atoms with Gasteiger partial charge in [-0.3, -0.25) is 9.69 Å². The Kier molecular flexibility index (Phi) is 5.16. The third-order valence-corrected chi connectivity index (χ3v) is 5.87. The van der Waals surface area contributed by atoms with E-state index >= 15 is 0 Å². The molecule has 0 aliphatic carbocycles. The van der Waals surface area contributed by atoms with Crippen LogP contribution < -0.4 is 9.47 Å². The standard InChI is InChI=1S/C20H26N2O6/c1-14(18(23)15-3-4-16-17(9-15)28-13-27-16)21(2)19(24)26-8-7-22-6-5-20(10-22)11-25-12-20/h3-4,9,14H,5-8,10-13H2,1-2H3/t14-/m0/s1. The molecule has 3 aliphatic rings. The van der Waals surface area contributed by atoms with Crippen molar-refractivity contribution in [2.75, 3.05) is 53.3 Å². The van der Waals surface area contributed by atoms with E-state index in [4.69, 9.17) is 18.9 Å². The average molecular weight is 390 g/mol. The Balaban J connectivity index is 1.25. The van der Waals surface area contributed by atoms with Crippen molar-refractivity contribution >= 4 is 11.9 Å². The van der Waals surface area contributed by atoms with Gasteiger partial charge in [0.1, 0.15) is 6.61 Å². The number of nitrogens with zero attached hydrogens (tertiary/aromatic N) is 2. The molecule has 8 nitrogen and oxygen atoms in total. The first kappa shape index (κ1) is 19.0. The minimum absolute atomic E-state index is 0.153. The normalized spacial score (nSPS) is 20.6. The van der Waals surface area contributed by atoms with E-state index in [1.54, 1.807) is 32.2 Å². The monoisotopic (exact) mass is 390 g/mol. The maximum atomic E-state index is 12.7. The molecule has 0 radical (unpaired) electrons. The lowest BCUT2D eigenvalue weighted by Gasteiger charge is -2.37. The molecule has 2 saturated heterocycles. The minimum atomic E-state index is -0.643. The van der Waals surface area contributed by atoms with Crippen LogP contribution in [0.2, 0.25) is 0 Å². The van der Waals surface area contributed by atoms with Gasteiger partial charge in [0.15, 0.2) is 17.3 Å². The van der Waals surface area contributed by atoms with Crippen molar-refractivity contribution in [1.29, 1.82) is 0 Å². The van der Waals surface area contributed by atoms with E-state index in [0.29, 0.717) is 35.6 Å². The van der Waals surface area contributed by atoms with Crippen LogP contribution in [0.4, 0.5) is 4.79 Å². The lowest BCUT2D eigenvalue weighted by atomic mass is 9.85. The Morgan fingerprint density at radius 2 is 2.07 bits per heavy atom. The highest BCUT2D eigenvalue weighted by Gasteiger charge is 2.44. The Bertz CT molecular complexity index is 763. The number of ketones is 1. The fourth-order valence-corrected chi connectivity index (χ4v) is 3.83. The van der Waals surface area contributed by atoms with Gasteiger partial charge in [-0.2, -0.15) is 0 Å². The van der Waals surface area contributed by atoms with Crippen LogP contribution in [0.5, 0.6) is 11.5 Å². The molecular weight excluding hydrogens is 364 g/mol. The number of carbonyl (C=O) groups excluding carboxylic acids is 2. The Morgan fingerprint density at radius 3 is 2.79 bits per heavy atom. The number of carbonyl (C=O) groups is 2. The van der Waals surface area contributed by atoms with E-state index in [-0.39, 0.29) is 12.6 Å². The minimum Gasteiger partial charge on any atom is -0.454 e. The molecule has 2 fully saturated rings. The van der Waals surface area contributed by atoms with Crippen LogP contribution in [0.1, 0.15) is 23.7 Å². The van der Waals surface area contributed by atoms with Crippen molar-refractivity contribution < 1.29 is 28.5 Å². The number of rotatable bonds is 6. The van der Waals surface area contributed by atoms with Crippen LogP contribution in [0, 0.1) is 5.41 Å². The summed E-state index contributed by atoms with van der Waals surface area (Å²) in [6.45, 7) is 6.54. The summed E-state index contributed by atoms with van der Waals surface area (Å²) in [5.74, 6) is 0.988. The molecule has 8 heteroatoms. The van der Waals surface area contributed by atoms with Gasteiger partial charge < -0.3 is 23.8 Å². The van der Waals surface area contributed by atoms with Gasteiger partial charge in [-0.1, -0.05) is 0 Å². The number of benzene rings is 1. The summed E-state index contributed by atoms with van der Waals surface area (Å²) in [6.07, 6.45) is 0.643. The highest BCUT2D eigenvalue weighted by molar-refractivity contribution is 6.01. The number of amides is 1. The number of Topliss-reactive ketones (excluding diaryl/α,β-unsaturated/α-hetero) is 1. The lowest BCUT2D eigenvalue weighted by Crippen LogP contribution is -2.45. The van der Waals surface area contributed by atoms with Crippen LogP contribution in [-0.2, 0) is 9.47 Å². The third kappa shape index (κ3) is 3.66. The molecule has 0 saturated carbocycles. The highest BCUT2D eigenvalue weighted by atomic mass is 16.7. The van der Waals surface area contributed by atoms with Crippen LogP contribution >= 0.6 is 0 Å². The number of ether oxygens (including phenoxy) is 4. The zero-order chi connectivity index (χ0) is 19.7. The molecule has 0 unspecified atom stereocenters. The van der Waals surface area contributed by atoms with Crippen molar-refractivity contribution in [3.05, 3.63) is 23.8 Å². The van der Waals surface area contributed by atoms with Gasteiger partial charge in [-0.05, 0) is 38.1 Å². The second kappa shape index (κ2) is 7.60. The number of likely N-dealkylation sites (tertiary alicyclic amines) is 1. The second-order valence-electron chi connectivity index (χ2n) is 7.85. The molecule has 28 heavy (non-hydrogen) atoms. The molecule has 0 bridgehead atoms.